The maximum atomic E-state index is 9.23. The molecule has 5 N–H and O–H groups in total. The molecule has 0 bridgehead atoms. The minimum absolute atomic E-state index is 0. The van der Waals surface area contributed by atoms with Crippen molar-refractivity contribution in [2.75, 3.05) is 6.54 Å². The summed E-state index contributed by atoms with van der Waals surface area (Å²) >= 11 is 0. The van der Waals surface area contributed by atoms with Gasteiger partial charge in [0.15, 0.2) is 11.5 Å². The van der Waals surface area contributed by atoms with Gasteiger partial charge in [-0.25, -0.2) is 0 Å². The number of benzene rings is 1. The van der Waals surface area contributed by atoms with Crippen molar-refractivity contribution in [3.8, 4) is 11.5 Å². The quantitative estimate of drug-likeness (QED) is 0.388. The molecule has 1 atom stereocenters. The van der Waals surface area contributed by atoms with Crippen molar-refractivity contribution < 1.29 is 15.3 Å². The molecule has 0 aliphatic heterocycles. The van der Waals surface area contributed by atoms with E-state index in [0.717, 1.165) is 0 Å². The van der Waals surface area contributed by atoms with Crippen molar-refractivity contribution >= 4 is 51.4 Å². The zero-order valence-electron chi connectivity index (χ0n) is 6.44. The molecule has 0 fully saturated rings. The molecule has 0 amide bonds. The Morgan fingerprint density at radius 2 is 1.85 bits per heavy atom. The van der Waals surface area contributed by atoms with Crippen LogP contribution in [0.3, 0.4) is 0 Å². The summed E-state index contributed by atoms with van der Waals surface area (Å²) in [6, 6.07) is 4.10. The predicted molar refractivity (Wildman–Crippen MR) is 50.9 cm³/mol. The summed E-state index contributed by atoms with van der Waals surface area (Å²) in [5.74, 6) is -0.456. The standard InChI is InChI=1S/C8H11NO3.K.H/c9-4-8(12)5-1-2-6(10)7(11)3-5;;/h1-3,8,10-12H,4,9H2;;/t8-;;/m0../s1. The van der Waals surface area contributed by atoms with E-state index in [4.69, 9.17) is 15.9 Å². The first-order chi connectivity index (χ1) is 5.65. The fraction of sp³-hybridized carbons (Fsp3) is 0.250. The molecule has 68 valence electrons. The van der Waals surface area contributed by atoms with Crippen molar-refractivity contribution in [3.63, 3.8) is 0 Å². The molecular formula is C8H12KNO3. The van der Waals surface area contributed by atoms with Crippen LogP contribution < -0.4 is 5.73 Å². The first kappa shape index (κ1) is 13.4. The summed E-state index contributed by atoms with van der Waals surface area (Å²) in [7, 11) is 0. The van der Waals surface area contributed by atoms with Gasteiger partial charge in [-0.15, -0.1) is 0 Å². The Morgan fingerprint density at radius 3 is 2.31 bits per heavy atom. The van der Waals surface area contributed by atoms with Gasteiger partial charge in [-0.05, 0) is 17.7 Å². The van der Waals surface area contributed by atoms with Crippen LogP contribution in [-0.4, -0.2) is 73.2 Å². The molecule has 4 nitrogen and oxygen atoms in total. The summed E-state index contributed by atoms with van der Waals surface area (Å²) < 4.78 is 0. The number of nitrogens with two attached hydrogens (primary N) is 1. The van der Waals surface area contributed by atoms with Crippen LogP contribution in [-0.2, 0) is 0 Å². The monoisotopic (exact) mass is 209 g/mol. The SMILES string of the molecule is NC[C@H](O)c1ccc(O)c(O)c1.[KH]. The van der Waals surface area contributed by atoms with Gasteiger partial charge in [0.05, 0.1) is 6.10 Å². The van der Waals surface area contributed by atoms with E-state index in [9.17, 15) is 5.11 Å². The zero-order chi connectivity index (χ0) is 9.14. The molecule has 1 aromatic carbocycles. The van der Waals surface area contributed by atoms with Crippen LogP contribution in [0.1, 0.15) is 11.7 Å². The molecule has 1 aromatic rings. The Kier molecular flexibility index (Phi) is 6.15. The van der Waals surface area contributed by atoms with E-state index in [1.807, 2.05) is 0 Å². The second kappa shape index (κ2) is 5.97. The van der Waals surface area contributed by atoms with Crippen LogP contribution in [0.15, 0.2) is 18.2 Å². The van der Waals surface area contributed by atoms with Gasteiger partial charge in [-0.3, -0.25) is 0 Å². The molecule has 0 heterocycles. The first-order valence-corrected chi connectivity index (χ1v) is 3.55. The van der Waals surface area contributed by atoms with Crippen molar-refractivity contribution in [1.82, 2.24) is 0 Å². The van der Waals surface area contributed by atoms with E-state index >= 15 is 0 Å². The topological polar surface area (TPSA) is 86.7 Å². The van der Waals surface area contributed by atoms with E-state index in [2.05, 4.69) is 0 Å². The van der Waals surface area contributed by atoms with Crippen molar-refractivity contribution in [2.45, 2.75) is 6.10 Å². The molecule has 0 aliphatic rings. The summed E-state index contributed by atoms with van der Waals surface area (Å²) in [4.78, 5) is 0. The van der Waals surface area contributed by atoms with E-state index in [0.29, 0.717) is 5.56 Å². The minimum atomic E-state index is -0.795. The van der Waals surface area contributed by atoms with Crippen LogP contribution in [0, 0.1) is 0 Å². The number of phenolic OH excluding ortho intramolecular Hbond substituents is 2. The third-order valence-electron chi connectivity index (χ3n) is 1.61. The zero-order valence-corrected chi connectivity index (χ0v) is 6.44. The van der Waals surface area contributed by atoms with Gasteiger partial charge in [-0.2, -0.15) is 0 Å². The summed E-state index contributed by atoms with van der Waals surface area (Å²) in [5, 5.41) is 27.2. The molecule has 0 radical (unpaired) electrons. The van der Waals surface area contributed by atoms with Gasteiger partial charge in [0.25, 0.3) is 0 Å². The number of phenols is 2. The third kappa shape index (κ3) is 3.55. The Morgan fingerprint density at radius 1 is 1.23 bits per heavy atom. The van der Waals surface area contributed by atoms with E-state index in [1.165, 1.54) is 18.2 Å². The van der Waals surface area contributed by atoms with Crippen LogP contribution >= 0.6 is 0 Å². The Labute approximate surface area is 119 Å². The predicted octanol–water partition coefficient (Wildman–Crippen LogP) is -0.559. The van der Waals surface area contributed by atoms with Crippen molar-refractivity contribution in [2.24, 2.45) is 5.73 Å². The average Bonchev–Trinajstić information content (AvgIpc) is 2.08. The normalized spacial score (nSPS) is 11.8. The average molecular weight is 209 g/mol. The molecule has 0 saturated carbocycles. The molecular weight excluding hydrogens is 197 g/mol. The van der Waals surface area contributed by atoms with Crippen LogP contribution in [0.25, 0.3) is 0 Å². The number of hydrogen-bond acceptors (Lipinski definition) is 4. The van der Waals surface area contributed by atoms with Gasteiger partial charge in [-0.1, -0.05) is 6.07 Å². The van der Waals surface area contributed by atoms with Crippen molar-refractivity contribution in [1.29, 1.82) is 0 Å². The fourth-order valence-corrected chi connectivity index (χ4v) is 0.884. The molecule has 0 spiro atoms. The van der Waals surface area contributed by atoms with Gasteiger partial charge < -0.3 is 21.1 Å². The summed E-state index contributed by atoms with van der Waals surface area (Å²) in [6.07, 6.45) is -0.795. The van der Waals surface area contributed by atoms with Crippen LogP contribution in [0.2, 0.25) is 0 Å². The van der Waals surface area contributed by atoms with Gasteiger partial charge in [0.1, 0.15) is 0 Å². The van der Waals surface area contributed by atoms with Crippen LogP contribution in [0.5, 0.6) is 11.5 Å². The molecule has 0 unspecified atom stereocenters. The number of hydrogen-bond donors (Lipinski definition) is 4. The molecule has 5 heteroatoms. The molecule has 0 aromatic heterocycles. The molecule has 0 aliphatic carbocycles. The Balaban J connectivity index is 0.00000144. The molecule has 1 rings (SSSR count). The summed E-state index contributed by atoms with van der Waals surface area (Å²) in [6.45, 7) is 0.0875. The van der Waals surface area contributed by atoms with E-state index in [-0.39, 0.29) is 69.4 Å². The van der Waals surface area contributed by atoms with E-state index in [1.54, 1.807) is 0 Å². The fourth-order valence-electron chi connectivity index (χ4n) is 0.884. The third-order valence-corrected chi connectivity index (χ3v) is 1.61. The van der Waals surface area contributed by atoms with Crippen molar-refractivity contribution in [3.05, 3.63) is 23.8 Å². The van der Waals surface area contributed by atoms with E-state index < -0.39 is 6.10 Å². The second-order valence-electron chi connectivity index (χ2n) is 2.50. The number of aliphatic hydroxyl groups excluding tert-OH is 1. The van der Waals surface area contributed by atoms with Gasteiger partial charge >= 0.3 is 51.4 Å². The number of aliphatic hydroxyl groups is 1. The number of aromatic hydroxyl groups is 2. The maximum absolute atomic E-state index is 9.23. The van der Waals surface area contributed by atoms with Gasteiger partial charge in [0.2, 0.25) is 0 Å². The first-order valence-electron chi connectivity index (χ1n) is 3.55. The molecule has 0 saturated heterocycles. The summed E-state index contributed by atoms with van der Waals surface area (Å²) in [5.41, 5.74) is 5.69. The van der Waals surface area contributed by atoms with Gasteiger partial charge in [0, 0.05) is 6.54 Å². The molecule has 13 heavy (non-hydrogen) atoms. The Hall–Kier alpha value is 0.376. The second-order valence-corrected chi connectivity index (χ2v) is 2.50. The Bertz CT molecular complexity index is 280. The van der Waals surface area contributed by atoms with Crippen LogP contribution in [0.4, 0.5) is 0 Å². The number of rotatable bonds is 2.